The molecular weight excluding hydrogens is 360 g/mol. The number of nitrogens with zero attached hydrogens (tertiary/aromatic N) is 4. The maximum atomic E-state index is 6.24. The van der Waals surface area contributed by atoms with E-state index in [4.69, 9.17) is 9.40 Å². The number of rotatable bonds is 4. The molecule has 0 saturated carbocycles. The van der Waals surface area contributed by atoms with Gasteiger partial charge in [-0.3, -0.25) is 4.99 Å². The van der Waals surface area contributed by atoms with Gasteiger partial charge in [0.1, 0.15) is 17.0 Å². The largest absolute Gasteiger partial charge is 0.439 e. The van der Waals surface area contributed by atoms with Crippen molar-refractivity contribution in [2.75, 3.05) is 0 Å². The zero-order chi connectivity index (χ0) is 19.8. The summed E-state index contributed by atoms with van der Waals surface area (Å²) in [5, 5.41) is 3.14. The van der Waals surface area contributed by atoms with Crippen molar-refractivity contribution >= 4 is 45.5 Å². The molecule has 4 heterocycles. The van der Waals surface area contributed by atoms with E-state index in [0.29, 0.717) is 5.70 Å². The van der Waals surface area contributed by atoms with Crippen LogP contribution in [0.1, 0.15) is 12.6 Å². The van der Waals surface area contributed by atoms with Gasteiger partial charge in [-0.05, 0) is 50.0 Å². The van der Waals surface area contributed by atoms with Gasteiger partial charge in [-0.25, -0.2) is 14.5 Å². The summed E-state index contributed by atoms with van der Waals surface area (Å²) in [6.07, 6.45) is 7.53. The number of hydrogen-bond acceptors (Lipinski definition) is 4. The van der Waals surface area contributed by atoms with Gasteiger partial charge in [-0.15, -0.1) is 0 Å². The van der Waals surface area contributed by atoms with E-state index in [9.17, 15) is 0 Å². The molecule has 0 amide bonds. The molecule has 0 radical (unpaired) electrons. The highest BCUT2D eigenvalue weighted by Crippen LogP contribution is 2.37. The summed E-state index contributed by atoms with van der Waals surface area (Å²) in [6, 6.07) is 17.9. The lowest BCUT2D eigenvalue weighted by Gasteiger charge is -2.07. The van der Waals surface area contributed by atoms with Crippen LogP contribution in [0.15, 0.2) is 88.4 Å². The van der Waals surface area contributed by atoms with Gasteiger partial charge in [0.25, 0.3) is 0 Å². The molecule has 5 heteroatoms. The fourth-order valence-corrected chi connectivity index (χ4v) is 3.63. The average molecular weight is 378 g/mol. The smallest absolute Gasteiger partial charge is 0.216 e. The minimum atomic E-state index is 0.704. The Labute approximate surface area is 167 Å². The number of fused-ring (bicyclic) bond motifs is 5. The number of hydrogen-bond donors (Lipinski definition) is 0. The van der Waals surface area contributed by atoms with E-state index in [1.165, 1.54) is 0 Å². The first-order chi connectivity index (χ1) is 14.3. The summed E-state index contributed by atoms with van der Waals surface area (Å²) < 4.78 is 8.20. The van der Waals surface area contributed by atoms with E-state index in [1.807, 2.05) is 72.2 Å². The van der Waals surface area contributed by atoms with Crippen molar-refractivity contribution in [1.82, 2.24) is 14.5 Å². The van der Waals surface area contributed by atoms with E-state index < -0.39 is 0 Å². The summed E-state index contributed by atoms with van der Waals surface area (Å²) >= 11 is 0. The van der Waals surface area contributed by atoms with Crippen molar-refractivity contribution in [3.63, 3.8) is 0 Å². The Bertz CT molecular complexity index is 1440. The van der Waals surface area contributed by atoms with Crippen molar-refractivity contribution < 1.29 is 4.42 Å². The van der Waals surface area contributed by atoms with Crippen LogP contribution in [0.5, 0.6) is 0 Å². The van der Waals surface area contributed by atoms with Gasteiger partial charge in [-0.1, -0.05) is 36.4 Å². The van der Waals surface area contributed by atoms with Crippen LogP contribution in [-0.4, -0.2) is 21.3 Å². The van der Waals surface area contributed by atoms with Crippen LogP contribution in [0.4, 0.5) is 0 Å². The topological polar surface area (TPSA) is 56.2 Å². The minimum Gasteiger partial charge on any atom is -0.439 e. The fourth-order valence-electron chi connectivity index (χ4n) is 3.63. The normalized spacial score (nSPS) is 12.5. The monoisotopic (exact) mass is 378 g/mol. The van der Waals surface area contributed by atoms with Gasteiger partial charge in [0.05, 0.1) is 16.8 Å². The number of para-hydroxylation sites is 1. The van der Waals surface area contributed by atoms with Crippen LogP contribution in [0.2, 0.25) is 0 Å². The Morgan fingerprint density at radius 3 is 2.79 bits per heavy atom. The van der Waals surface area contributed by atoms with E-state index in [1.54, 1.807) is 6.20 Å². The van der Waals surface area contributed by atoms with Gasteiger partial charge in [0.15, 0.2) is 0 Å². The first-order valence-electron chi connectivity index (χ1n) is 9.36. The van der Waals surface area contributed by atoms with Crippen molar-refractivity contribution in [2.24, 2.45) is 4.99 Å². The van der Waals surface area contributed by atoms with E-state index in [-0.39, 0.29) is 0 Å². The van der Waals surface area contributed by atoms with Crippen molar-refractivity contribution in [3.05, 3.63) is 84.7 Å². The number of pyridine rings is 2. The molecule has 5 aromatic rings. The number of benzene rings is 1. The Kier molecular flexibility index (Phi) is 4.06. The molecule has 5 rings (SSSR count). The van der Waals surface area contributed by atoms with Gasteiger partial charge < -0.3 is 4.42 Å². The molecule has 0 aliphatic heterocycles. The summed E-state index contributed by atoms with van der Waals surface area (Å²) in [5.41, 5.74) is 3.82. The number of aromatic nitrogens is 3. The van der Waals surface area contributed by atoms with Crippen LogP contribution in [0.25, 0.3) is 44.6 Å². The lowest BCUT2D eigenvalue weighted by atomic mass is 10.1. The summed E-state index contributed by atoms with van der Waals surface area (Å²) in [5.74, 6) is 0.718. The molecule has 0 fully saturated rings. The molecule has 5 nitrogen and oxygen atoms in total. The van der Waals surface area contributed by atoms with Crippen molar-refractivity contribution in [1.29, 1.82) is 0 Å². The second-order valence-electron chi connectivity index (χ2n) is 6.61. The second-order valence-corrected chi connectivity index (χ2v) is 6.61. The third-order valence-corrected chi connectivity index (χ3v) is 4.89. The summed E-state index contributed by atoms with van der Waals surface area (Å²) in [6.45, 7) is 5.64. The molecule has 4 aromatic heterocycles. The van der Waals surface area contributed by atoms with E-state index in [2.05, 4.69) is 28.8 Å². The van der Waals surface area contributed by atoms with Crippen molar-refractivity contribution in [3.8, 4) is 5.82 Å². The Morgan fingerprint density at radius 1 is 1.07 bits per heavy atom. The highest BCUT2D eigenvalue weighted by atomic mass is 16.3. The standard InChI is InChI=1S/C24H18N4O/c1-3-4-11-18(25-2)19-12-7-14-21(27-19)28-23-17(10-8-15-26-23)22-16-9-5-6-13-20(16)29-24(22)28/h3-15H,2H2,1H3/b4-3-,18-11-. The maximum Gasteiger partial charge on any atom is 0.216 e. The first kappa shape index (κ1) is 17.1. The maximum absolute atomic E-state index is 6.24. The highest BCUT2D eigenvalue weighted by Gasteiger charge is 2.20. The Hall–Kier alpha value is -3.99. The van der Waals surface area contributed by atoms with Crippen LogP contribution >= 0.6 is 0 Å². The molecular formula is C24H18N4O. The molecule has 0 atom stereocenters. The van der Waals surface area contributed by atoms with Crippen molar-refractivity contribution in [2.45, 2.75) is 6.92 Å². The lowest BCUT2D eigenvalue weighted by Crippen LogP contribution is -2.00. The third kappa shape index (κ3) is 2.67. The Balaban J connectivity index is 1.83. The molecule has 0 aliphatic carbocycles. The van der Waals surface area contributed by atoms with Crippen LogP contribution < -0.4 is 0 Å². The molecule has 0 saturated heterocycles. The predicted octanol–water partition coefficient (Wildman–Crippen LogP) is 5.94. The highest BCUT2D eigenvalue weighted by molar-refractivity contribution is 6.19. The lowest BCUT2D eigenvalue weighted by molar-refractivity contribution is 0.643. The fraction of sp³-hybridized carbons (Fsp3) is 0.0417. The number of furan rings is 1. The molecule has 0 aliphatic rings. The zero-order valence-corrected chi connectivity index (χ0v) is 15.9. The molecule has 0 bridgehead atoms. The van der Waals surface area contributed by atoms with Gasteiger partial charge in [0.2, 0.25) is 5.71 Å². The summed E-state index contributed by atoms with van der Waals surface area (Å²) in [4.78, 5) is 13.6. The van der Waals surface area contributed by atoms with Crippen LogP contribution in [0, 0.1) is 0 Å². The van der Waals surface area contributed by atoms with Gasteiger partial charge >= 0.3 is 0 Å². The summed E-state index contributed by atoms with van der Waals surface area (Å²) in [7, 11) is 0. The molecule has 0 spiro atoms. The van der Waals surface area contributed by atoms with E-state index >= 15 is 0 Å². The van der Waals surface area contributed by atoms with Gasteiger partial charge in [0, 0.05) is 17.0 Å². The third-order valence-electron chi connectivity index (χ3n) is 4.89. The van der Waals surface area contributed by atoms with Crippen LogP contribution in [0.3, 0.4) is 0 Å². The molecule has 29 heavy (non-hydrogen) atoms. The Morgan fingerprint density at radius 2 is 1.93 bits per heavy atom. The number of aliphatic imine (C=N–C) groups is 1. The average Bonchev–Trinajstić information content (AvgIpc) is 3.29. The van der Waals surface area contributed by atoms with Gasteiger partial charge in [-0.2, -0.15) is 0 Å². The minimum absolute atomic E-state index is 0.704. The molecule has 0 N–H and O–H groups in total. The molecule has 1 aromatic carbocycles. The van der Waals surface area contributed by atoms with Crippen LogP contribution in [-0.2, 0) is 0 Å². The second kappa shape index (κ2) is 6.87. The quantitative estimate of drug-likeness (QED) is 0.287. The first-order valence-corrected chi connectivity index (χ1v) is 9.36. The zero-order valence-electron chi connectivity index (χ0n) is 15.9. The SMILES string of the molecule is C=N/C(=C\C=C/C)c1cccc(-n2c3ncccc3c3c4ccccc4oc32)n1. The predicted molar refractivity (Wildman–Crippen MR) is 118 cm³/mol. The molecule has 140 valence electrons. The van der Waals surface area contributed by atoms with E-state index in [0.717, 1.165) is 44.6 Å². The molecule has 0 unspecified atom stereocenters. The number of allylic oxidation sites excluding steroid dienone is 3.